The van der Waals surface area contributed by atoms with E-state index in [2.05, 4.69) is 123 Å². The molecule has 0 fully saturated rings. The topological polar surface area (TPSA) is 86.9 Å². The highest BCUT2D eigenvalue weighted by Crippen LogP contribution is 2.48. The van der Waals surface area contributed by atoms with E-state index < -0.39 is 15.5 Å². The van der Waals surface area contributed by atoms with Crippen LogP contribution in [0.2, 0.25) is 0 Å². The molecule has 2 aromatic rings. The number of hydrogen-bond donors (Lipinski definition) is 1. The van der Waals surface area contributed by atoms with Gasteiger partial charge in [-0.2, -0.15) is 13.0 Å². The summed E-state index contributed by atoms with van der Waals surface area (Å²) in [5, 5.41) is 0. The highest BCUT2D eigenvalue weighted by molar-refractivity contribution is 7.85. The standard InChI is InChI=1S/C43H50N2O5S/c1-33-23-25-38-36(30-33)42(2,3)40(45(38)28-17-20-34-18-11-7-6-8-12-19-34)21-13-9-14-22-41-43(4,5)37-31-35(51(47,48)49)24-26-39(37)44(41)27-15-10-16-29-50-32-46/h6-9,11-14,18-19,21-26,30-32H,10,15-17,20,27-29H2,1-5H3/p+1/b7-6-,8-6?,11-7?,12-8-,18-11?,19-12?,34-18?,34-19?. The number of carbonyl (C=O) groups excluding carboxylic acids is 1. The Morgan fingerprint density at radius 2 is 1.65 bits per heavy atom. The van der Waals surface area contributed by atoms with Gasteiger partial charge in [0, 0.05) is 47.5 Å². The third-order valence-electron chi connectivity index (χ3n) is 10.1. The summed E-state index contributed by atoms with van der Waals surface area (Å²) in [6, 6.07) is 11.6. The first kappa shape index (κ1) is 37.7. The monoisotopic (exact) mass is 707 g/mol. The zero-order valence-corrected chi connectivity index (χ0v) is 31.3. The van der Waals surface area contributed by atoms with Gasteiger partial charge in [-0.1, -0.05) is 92.3 Å². The second-order valence-corrected chi connectivity index (χ2v) is 15.8. The third-order valence-corrected chi connectivity index (χ3v) is 10.9. The number of anilines is 1. The molecule has 0 radical (unpaired) electrons. The highest BCUT2D eigenvalue weighted by atomic mass is 32.2. The van der Waals surface area contributed by atoms with Crippen molar-refractivity contribution in [2.75, 3.05) is 24.6 Å². The molecule has 3 aliphatic rings. The number of fused-ring (bicyclic) bond motifs is 2. The Kier molecular flexibility index (Phi) is 12.0. The van der Waals surface area contributed by atoms with Crippen molar-refractivity contribution in [2.24, 2.45) is 0 Å². The van der Waals surface area contributed by atoms with Gasteiger partial charge in [0.05, 0.1) is 16.9 Å². The number of carbonyl (C=O) groups is 1. The first-order valence-electron chi connectivity index (χ1n) is 17.8. The number of rotatable bonds is 15. The Hall–Kier alpha value is -4.53. The van der Waals surface area contributed by atoms with E-state index in [1.165, 1.54) is 34.2 Å². The minimum absolute atomic E-state index is 0.108. The quantitative estimate of drug-likeness (QED) is 0.0654. The summed E-state index contributed by atoms with van der Waals surface area (Å²) in [7, 11) is -4.34. The van der Waals surface area contributed by atoms with Gasteiger partial charge in [-0.3, -0.25) is 9.35 Å². The molecular formula is C43H51N2O5S+. The minimum Gasteiger partial charge on any atom is -0.468 e. The molecule has 2 aromatic carbocycles. The predicted octanol–water partition coefficient (Wildman–Crippen LogP) is 9.14. The third kappa shape index (κ3) is 8.68. The number of hydrogen-bond acceptors (Lipinski definition) is 5. The van der Waals surface area contributed by atoms with Gasteiger partial charge in [0.2, 0.25) is 5.69 Å². The molecule has 2 heterocycles. The second-order valence-electron chi connectivity index (χ2n) is 14.4. The molecule has 8 heteroatoms. The first-order valence-corrected chi connectivity index (χ1v) is 19.3. The minimum atomic E-state index is -4.34. The van der Waals surface area contributed by atoms with Gasteiger partial charge in [0.25, 0.3) is 16.6 Å². The normalized spacial score (nSPS) is 19.7. The van der Waals surface area contributed by atoms with Crippen molar-refractivity contribution in [3.63, 3.8) is 0 Å². The first-order chi connectivity index (χ1) is 24.4. The van der Waals surface area contributed by atoms with Crippen molar-refractivity contribution >= 4 is 33.7 Å². The van der Waals surface area contributed by atoms with Gasteiger partial charge in [0.1, 0.15) is 6.54 Å². The molecule has 51 heavy (non-hydrogen) atoms. The SMILES string of the molecule is Cc1ccc2c(c1)C(C)(C)C(=CC=CC=CC1=[N+](CCCCCOC=O)c3ccc(S(=O)(=O)O)cc3C1(C)C)N2CCCC1=C/C=C\C=C/C=C1. The molecule has 0 amide bonds. The van der Waals surface area contributed by atoms with Crippen molar-refractivity contribution in [2.45, 2.75) is 82.4 Å². The van der Waals surface area contributed by atoms with E-state index in [1.807, 2.05) is 12.2 Å². The van der Waals surface area contributed by atoms with Crippen LogP contribution in [0.25, 0.3) is 0 Å². The number of nitrogens with zero attached hydrogens (tertiary/aromatic N) is 2. The zero-order chi connectivity index (χ0) is 36.6. The van der Waals surface area contributed by atoms with Crippen LogP contribution < -0.4 is 4.90 Å². The smallest absolute Gasteiger partial charge is 0.294 e. The van der Waals surface area contributed by atoms with Crippen LogP contribution in [-0.2, 0) is 30.5 Å². The molecule has 1 aliphatic carbocycles. The van der Waals surface area contributed by atoms with Crippen LogP contribution in [-0.4, -0.2) is 49.4 Å². The number of unbranched alkanes of at least 4 members (excludes halogenated alkanes) is 2. The summed E-state index contributed by atoms with van der Waals surface area (Å²) in [4.78, 5) is 12.9. The van der Waals surface area contributed by atoms with Crippen molar-refractivity contribution in [3.05, 3.63) is 137 Å². The largest absolute Gasteiger partial charge is 0.468 e. The average Bonchev–Trinajstić information content (AvgIpc) is 3.40. The molecule has 0 saturated carbocycles. The Morgan fingerprint density at radius 1 is 0.863 bits per heavy atom. The van der Waals surface area contributed by atoms with E-state index in [-0.39, 0.29) is 10.3 Å². The lowest BCUT2D eigenvalue weighted by atomic mass is 9.81. The molecule has 0 aromatic heterocycles. The van der Waals surface area contributed by atoms with E-state index in [9.17, 15) is 17.8 Å². The maximum absolute atomic E-state index is 12.0. The van der Waals surface area contributed by atoms with Crippen LogP contribution >= 0.6 is 0 Å². The lowest BCUT2D eigenvalue weighted by Crippen LogP contribution is -2.28. The lowest BCUT2D eigenvalue weighted by molar-refractivity contribution is -0.438. The molecule has 0 saturated heterocycles. The lowest BCUT2D eigenvalue weighted by Gasteiger charge is -2.27. The van der Waals surface area contributed by atoms with E-state index >= 15 is 0 Å². The van der Waals surface area contributed by atoms with E-state index in [0.717, 1.165) is 62.2 Å². The van der Waals surface area contributed by atoms with Crippen molar-refractivity contribution in [1.29, 1.82) is 0 Å². The van der Waals surface area contributed by atoms with Gasteiger partial charge in [-0.05, 0) is 81.9 Å². The summed E-state index contributed by atoms with van der Waals surface area (Å²) < 4.78 is 40.9. The van der Waals surface area contributed by atoms with Crippen LogP contribution in [0.5, 0.6) is 0 Å². The molecule has 0 spiro atoms. The van der Waals surface area contributed by atoms with Gasteiger partial charge in [-0.25, -0.2) is 0 Å². The van der Waals surface area contributed by atoms with Gasteiger partial charge >= 0.3 is 0 Å². The molecule has 5 rings (SSSR count). The molecule has 2 aliphatic heterocycles. The van der Waals surface area contributed by atoms with Crippen LogP contribution in [0.3, 0.4) is 0 Å². The zero-order valence-electron chi connectivity index (χ0n) is 30.5. The summed E-state index contributed by atoms with van der Waals surface area (Å²) >= 11 is 0. The van der Waals surface area contributed by atoms with Crippen molar-refractivity contribution in [1.82, 2.24) is 0 Å². The molecule has 1 N–H and O–H groups in total. The Balaban J connectivity index is 1.40. The summed E-state index contributed by atoms with van der Waals surface area (Å²) in [5.41, 5.74) is 8.60. The van der Waals surface area contributed by atoms with Crippen LogP contribution in [0, 0.1) is 6.92 Å². The molecule has 268 valence electrons. The number of ether oxygens (including phenoxy) is 1. The molecule has 7 nitrogen and oxygen atoms in total. The average molecular weight is 708 g/mol. The summed E-state index contributed by atoms with van der Waals surface area (Å²) in [6.07, 6.45) is 29.8. The van der Waals surface area contributed by atoms with Crippen molar-refractivity contribution in [3.8, 4) is 0 Å². The number of benzene rings is 2. The highest BCUT2D eigenvalue weighted by Gasteiger charge is 2.45. The number of aryl methyl sites for hydroxylation is 1. The van der Waals surface area contributed by atoms with E-state index in [0.29, 0.717) is 13.1 Å². The summed E-state index contributed by atoms with van der Waals surface area (Å²) in [5.74, 6) is 0. The fourth-order valence-corrected chi connectivity index (χ4v) is 7.84. The fraction of sp³-hybridized carbons (Fsp3) is 0.349. The van der Waals surface area contributed by atoms with Crippen LogP contribution in [0.1, 0.15) is 76.5 Å². The van der Waals surface area contributed by atoms with Gasteiger partial charge in [-0.15, -0.1) is 0 Å². The molecular weight excluding hydrogens is 657 g/mol. The van der Waals surface area contributed by atoms with Crippen molar-refractivity contribution < 1.29 is 27.1 Å². The van der Waals surface area contributed by atoms with Gasteiger partial charge < -0.3 is 9.64 Å². The Labute approximate surface area is 304 Å². The second kappa shape index (κ2) is 16.2. The molecule has 0 bridgehead atoms. The molecule has 0 unspecified atom stereocenters. The fourth-order valence-electron chi connectivity index (χ4n) is 7.34. The number of allylic oxidation sites excluding steroid dienone is 14. The van der Waals surface area contributed by atoms with Crippen LogP contribution in [0.4, 0.5) is 11.4 Å². The Bertz CT molecular complexity index is 1990. The Morgan fingerprint density at radius 3 is 2.43 bits per heavy atom. The maximum Gasteiger partial charge on any atom is 0.294 e. The van der Waals surface area contributed by atoms with E-state index in [1.54, 1.807) is 12.1 Å². The summed E-state index contributed by atoms with van der Waals surface area (Å²) in [6.45, 7) is 13.4. The van der Waals surface area contributed by atoms with Crippen LogP contribution in [0.15, 0.2) is 125 Å². The molecule has 0 atom stereocenters. The van der Waals surface area contributed by atoms with Gasteiger partial charge in [0.15, 0.2) is 5.71 Å². The van der Waals surface area contributed by atoms with E-state index in [4.69, 9.17) is 4.74 Å². The predicted molar refractivity (Wildman–Crippen MR) is 208 cm³/mol. The maximum atomic E-state index is 12.0.